The number of anilines is 2. The van der Waals surface area contributed by atoms with Gasteiger partial charge in [0, 0.05) is 17.3 Å². The lowest BCUT2D eigenvalue weighted by atomic mass is 9.84. The van der Waals surface area contributed by atoms with Gasteiger partial charge in [0.05, 0.1) is 28.2 Å². The van der Waals surface area contributed by atoms with Gasteiger partial charge in [0.15, 0.2) is 0 Å². The fourth-order valence-electron chi connectivity index (χ4n) is 3.98. The molecule has 1 aliphatic rings. The fourth-order valence-corrected chi connectivity index (χ4v) is 3.98. The molecular formula is C28H34BN3O3. The smallest absolute Gasteiger partial charge is 0.398 e. The van der Waals surface area contributed by atoms with Crippen molar-refractivity contribution in [3.05, 3.63) is 71.9 Å². The van der Waals surface area contributed by atoms with Gasteiger partial charge in [0.1, 0.15) is 0 Å². The van der Waals surface area contributed by atoms with Crippen molar-refractivity contribution in [1.29, 1.82) is 0 Å². The van der Waals surface area contributed by atoms with Crippen molar-refractivity contribution < 1.29 is 14.1 Å². The average Bonchev–Trinajstić information content (AvgIpc) is 3.02. The van der Waals surface area contributed by atoms with E-state index in [1.807, 2.05) is 76.2 Å². The topological polar surface area (TPSA) is 86.5 Å². The van der Waals surface area contributed by atoms with Gasteiger partial charge in [-0.2, -0.15) is 0 Å². The van der Waals surface area contributed by atoms with Crippen LogP contribution in [0.3, 0.4) is 0 Å². The quantitative estimate of drug-likeness (QED) is 0.387. The number of hydrogen-bond donors (Lipinski definition) is 2. The van der Waals surface area contributed by atoms with Crippen LogP contribution in [0.2, 0.25) is 0 Å². The van der Waals surface area contributed by atoms with E-state index in [4.69, 9.17) is 15.0 Å². The Morgan fingerprint density at radius 2 is 1.60 bits per heavy atom. The zero-order valence-corrected chi connectivity index (χ0v) is 21.4. The van der Waals surface area contributed by atoms with Gasteiger partial charge in [-0.25, -0.2) is 0 Å². The predicted molar refractivity (Wildman–Crippen MR) is 143 cm³/mol. The Kier molecular flexibility index (Phi) is 6.76. The van der Waals surface area contributed by atoms with Crippen molar-refractivity contribution in [3.63, 3.8) is 0 Å². The van der Waals surface area contributed by atoms with E-state index in [0.29, 0.717) is 22.9 Å². The van der Waals surface area contributed by atoms with Crippen LogP contribution >= 0.6 is 0 Å². The average molecular weight is 471 g/mol. The SMILES string of the molecule is CC(C)Cc1ccc(C(=O)Nc2cc(-c3ccc(B4OC(C)(C)C(C)(C)O4)nc3)ccc2N)cc1. The standard InChI is InChI=1S/C28H34BN3O3/c1-18(2)15-19-7-9-20(10-8-19)26(33)32-24-16-21(11-13-23(24)30)22-12-14-25(31-17-22)29-34-27(3,4)28(5,6)35-29/h7-14,16-18H,15,30H2,1-6H3,(H,32,33). The summed E-state index contributed by atoms with van der Waals surface area (Å²) in [5, 5.41) is 2.95. The summed E-state index contributed by atoms with van der Waals surface area (Å²) in [7, 11) is -0.512. The van der Waals surface area contributed by atoms with Gasteiger partial charge in [-0.3, -0.25) is 9.78 Å². The summed E-state index contributed by atoms with van der Waals surface area (Å²) in [4.78, 5) is 17.4. The Bertz CT molecular complexity index is 1190. The van der Waals surface area contributed by atoms with E-state index in [2.05, 4.69) is 24.1 Å². The number of carbonyl (C=O) groups is 1. The lowest BCUT2D eigenvalue weighted by molar-refractivity contribution is 0.00578. The number of nitrogen functional groups attached to an aromatic ring is 1. The van der Waals surface area contributed by atoms with Crippen LogP contribution in [0.25, 0.3) is 11.1 Å². The molecule has 0 bridgehead atoms. The van der Waals surface area contributed by atoms with E-state index < -0.39 is 18.3 Å². The van der Waals surface area contributed by atoms with Crippen molar-refractivity contribution in [2.24, 2.45) is 5.92 Å². The molecule has 0 radical (unpaired) electrons. The summed E-state index contributed by atoms with van der Waals surface area (Å²) >= 11 is 0. The zero-order chi connectivity index (χ0) is 25.4. The van der Waals surface area contributed by atoms with E-state index in [1.54, 1.807) is 12.3 Å². The first-order valence-electron chi connectivity index (χ1n) is 12.1. The van der Waals surface area contributed by atoms with Crippen LogP contribution in [0.4, 0.5) is 11.4 Å². The Balaban J connectivity index is 1.49. The van der Waals surface area contributed by atoms with Gasteiger partial charge in [-0.15, -0.1) is 0 Å². The van der Waals surface area contributed by atoms with Crippen LogP contribution in [-0.2, 0) is 15.7 Å². The second-order valence-electron chi connectivity index (χ2n) is 10.6. The van der Waals surface area contributed by atoms with Gasteiger partial charge in [0.25, 0.3) is 5.91 Å². The second kappa shape index (κ2) is 9.48. The van der Waals surface area contributed by atoms with Crippen LogP contribution < -0.4 is 16.6 Å². The second-order valence-corrected chi connectivity index (χ2v) is 10.6. The monoisotopic (exact) mass is 471 g/mol. The number of nitrogens with two attached hydrogens (primary N) is 1. The molecule has 6 nitrogen and oxygen atoms in total. The maximum Gasteiger partial charge on any atom is 0.514 e. The molecule has 0 unspecified atom stereocenters. The number of amides is 1. The molecule has 35 heavy (non-hydrogen) atoms. The van der Waals surface area contributed by atoms with Gasteiger partial charge in [-0.05, 0) is 81.5 Å². The molecule has 1 amide bonds. The van der Waals surface area contributed by atoms with Crippen molar-refractivity contribution in [2.75, 3.05) is 11.1 Å². The van der Waals surface area contributed by atoms with Crippen LogP contribution in [0.15, 0.2) is 60.8 Å². The largest absolute Gasteiger partial charge is 0.514 e. The minimum absolute atomic E-state index is 0.195. The number of rotatable bonds is 6. The zero-order valence-electron chi connectivity index (χ0n) is 21.4. The van der Waals surface area contributed by atoms with Crippen molar-refractivity contribution >= 4 is 30.0 Å². The molecule has 1 aromatic heterocycles. The summed E-state index contributed by atoms with van der Waals surface area (Å²) in [5.41, 5.74) is 10.7. The highest BCUT2D eigenvalue weighted by Crippen LogP contribution is 2.36. The Hall–Kier alpha value is -3.16. The van der Waals surface area contributed by atoms with E-state index in [9.17, 15) is 4.79 Å². The first kappa shape index (κ1) is 25.0. The summed E-state index contributed by atoms with van der Waals surface area (Å²) in [6.07, 6.45) is 2.77. The Morgan fingerprint density at radius 1 is 0.971 bits per heavy atom. The fraction of sp³-hybridized carbons (Fsp3) is 0.357. The summed E-state index contributed by atoms with van der Waals surface area (Å²) in [6, 6.07) is 17.2. The lowest BCUT2D eigenvalue weighted by Gasteiger charge is -2.32. The normalized spacial score (nSPS) is 16.5. The predicted octanol–water partition coefficient (Wildman–Crippen LogP) is 5.08. The van der Waals surface area contributed by atoms with Crippen LogP contribution in [0, 0.1) is 5.92 Å². The minimum atomic E-state index is -0.512. The van der Waals surface area contributed by atoms with Gasteiger partial charge < -0.3 is 20.4 Å². The van der Waals surface area contributed by atoms with E-state index in [-0.39, 0.29) is 5.91 Å². The number of pyridine rings is 1. The van der Waals surface area contributed by atoms with Gasteiger partial charge in [-0.1, -0.05) is 38.1 Å². The Labute approximate surface area is 208 Å². The molecule has 1 aliphatic heterocycles. The molecule has 0 atom stereocenters. The van der Waals surface area contributed by atoms with Crippen LogP contribution in [0.1, 0.15) is 57.5 Å². The molecule has 0 saturated carbocycles. The molecule has 7 heteroatoms. The van der Waals surface area contributed by atoms with Crippen molar-refractivity contribution in [1.82, 2.24) is 4.98 Å². The number of nitrogens with zero attached hydrogens (tertiary/aromatic N) is 1. The molecule has 1 fully saturated rings. The highest BCUT2D eigenvalue weighted by atomic mass is 16.7. The molecule has 4 rings (SSSR count). The van der Waals surface area contributed by atoms with Crippen LogP contribution in [-0.4, -0.2) is 29.2 Å². The molecule has 3 aromatic rings. The highest BCUT2D eigenvalue weighted by molar-refractivity contribution is 6.61. The molecule has 182 valence electrons. The third-order valence-corrected chi connectivity index (χ3v) is 6.78. The lowest BCUT2D eigenvalue weighted by Crippen LogP contribution is -2.41. The maximum atomic E-state index is 12.8. The van der Waals surface area contributed by atoms with E-state index in [1.165, 1.54) is 5.56 Å². The van der Waals surface area contributed by atoms with Crippen LogP contribution in [0.5, 0.6) is 0 Å². The van der Waals surface area contributed by atoms with Gasteiger partial charge >= 0.3 is 7.12 Å². The molecule has 2 aromatic carbocycles. The molecule has 3 N–H and O–H groups in total. The summed E-state index contributed by atoms with van der Waals surface area (Å²) in [6.45, 7) is 12.4. The molecule has 0 aliphatic carbocycles. The number of carbonyl (C=O) groups excluding carboxylic acids is 1. The summed E-state index contributed by atoms with van der Waals surface area (Å²) in [5.74, 6) is 0.372. The Morgan fingerprint density at radius 3 is 2.17 bits per heavy atom. The van der Waals surface area contributed by atoms with Gasteiger partial charge in [0.2, 0.25) is 0 Å². The minimum Gasteiger partial charge on any atom is -0.398 e. The molecule has 2 heterocycles. The molecular weight excluding hydrogens is 437 g/mol. The number of nitrogens with one attached hydrogen (secondary N) is 1. The number of benzene rings is 2. The first-order chi connectivity index (χ1) is 16.4. The number of hydrogen-bond acceptors (Lipinski definition) is 5. The van der Waals surface area contributed by atoms with E-state index >= 15 is 0 Å². The van der Waals surface area contributed by atoms with E-state index in [0.717, 1.165) is 23.1 Å². The van der Waals surface area contributed by atoms with Crippen molar-refractivity contribution in [2.45, 2.75) is 59.2 Å². The third-order valence-electron chi connectivity index (χ3n) is 6.78. The maximum absolute atomic E-state index is 12.8. The number of aromatic nitrogens is 1. The third kappa shape index (κ3) is 5.41. The summed E-state index contributed by atoms with van der Waals surface area (Å²) < 4.78 is 12.2. The highest BCUT2D eigenvalue weighted by Gasteiger charge is 2.52. The molecule has 0 spiro atoms. The first-order valence-corrected chi connectivity index (χ1v) is 12.1. The van der Waals surface area contributed by atoms with Crippen molar-refractivity contribution in [3.8, 4) is 11.1 Å². The molecule has 1 saturated heterocycles.